The van der Waals surface area contributed by atoms with Crippen molar-refractivity contribution in [2.45, 2.75) is 25.3 Å². The van der Waals surface area contributed by atoms with Crippen LogP contribution in [0, 0.1) is 12.7 Å². The minimum atomic E-state index is -3.99. The monoisotopic (exact) mass is 377 g/mol. The Kier molecular flexibility index (Phi) is 5.26. The molecule has 0 aliphatic rings. The highest BCUT2D eigenvalue weighted by molar-refractivity contribution is 7.92. The van der Waals surface area contributed by atoms with Gasteiger partial charge in [0.2, 0.25) is 20.0 Å². The minimum absolute atomic E-state index is 0.115. The molecule has 2 rings (SSSR count). The van der Waals surface area contributed by atoms with E-state index in [1.807, 2.05) is 4.72 Å². The number of hydrogen-bond donors (Lipinski definition) is 2. The highest BCUT2D eigenvalue weighted by atomic mass is 32.2. The molecule has 8 nitrogen and oxygen atoms in total. The normalized spacial score (nSPS) is 12.3. The van der Waals surface area contributed by atoms with E-state index in [4.69, 9.17) is 4.52 Å². The van der Waals surface area contributed by atoms with Crippen molar-refractivity contribution in [3.8, 4) is 0 Å². The second-order valence-electron chi connectivity index (χ2n) is 4.92. The van der Waals surface area contributed by atoms with Gasteiger partial charge in [0.15, 0.2) is 0 Å². The van der Waals surface area contributed by atoms with E-state index >= 15 is 0 Å². The number of anilines is 1. The van der Waals surface area contributed by atoms with Crippen molar-refractivity contribution in [2.75, 3.05) is 10.5 Å². The average Bonchev–Trinajstić information content (AvgIpc) is 2.92. The lowest BCUT2D eigenvalue weighted by molar-refractivity contribution is 0.410. The van der Waals surface area contributed by atoms with Gasteiger partial charge in [0.25, 0.3) is 0 Å². The molecule has 1 aromatic carbocycles. The summed E-state index contributed by atoms with van der Waals surface area (Å²) in [5.74, 6) is -1.22. The Balaban J connectivity index is 2.19. The molecule has 0 saturated carbocycles. The molecule has 0 aliphatic carbocycles. The fraction of sp³-hybridized carbons (Fsp3) is 0.308. The van der Waals surface area contributed by atoms with E-state index in [-0.39, 0.29) is 22.9 Å². The van der Waals surface area contributed by atoms with Gasteiger partial charge in [-0.25, -0.2) is 25.9 Å². The number of nitrogens with one attached hydrogen (secondary N) is 2. The molecule has 1 heterocycles. The molecular weight excluding hydrogens is 361 g/mol. The quantitative estimate of drug-likeness (QED) is 0.752. The molecule has 24 heavy (non-hydrogen) atoms. The van der Waals surface area contributed by atoms with E-state index in [0.717, 1.165) is 18.2 Å². The molecule has 0 unspecified atom stereocenters. The summed E-state index contributed by atoms with van der Waals surface area (Å²) in [6.07, 6.45) is 1.37. The summed E-state index contributed by atoms with van der Waals surface area (Å²) in [4.78, 5) is -0.333. The van der Waals surface area contributed by atoms with E-state index in [9.17, 15) is 21.2 Å². The molecule has 132 valence electrons. The third-order valence-electron chi connectivity index (χ3n) is 3.17. The average molecular weight is 377 g/mol. The highest BCUT2D eigenvalue weighted by Crippen LogP contribution is 2.20. The van der Waals surface area contributed by atoms with E-state index < -0.39 is 25.9 Å². The van der Waals surface area contributed by atoms with Gasteiger partial charge in [0.05, 0.1) is 22.9 Å². The number of aryl methyl sites for hydroxylation is 1. The fourth-order valence-corrected chi connectivity index (χ4v) is 3.36. The van der Waals surface area contributed by atoms with Crippen LogP contribution in [0.3, 0.4) is 0 Å². The van der Waals surface area contributed by atoms with Gasteiger partial charge in [0, 0.05) is 5.56 Å². The van der Waals surface area contributed by atoms with Crippen LogP contribution in [0.2, 0.25) is 0 Å². The maximum Gasteiger partial charge on any atom is 0.241 e. The molecule has 11 heteroatoms. The van der Waals surface area contributed by atoms with Crippen molar-refractivity contribution in [3.05, 3.63) is 41.5 Å². The zero-order chi connectivity index (χ0) is 18.0. The van der Waals surface area contributed by atoms with Crippen molar-refractivity contribution in [3.63, 3.8) is 0 Å². The second-order valence-corrected chi connectivity index (χ2v) is 8.69. The standard InChI is InChI=1S/C13H16FN3O5S2/c1-3-23(18,19)17-12-5-4-10(6-11(12)14)24(20,21)15-7-13-9(2)8-22-16-13/h4-6,8,15,17H,3,7H2,1-2H3. The third kappa shape index (κ3) is 4.30. The predicted molar refractivity (Wildman–Crippen MR) is 84.7 cm³/mol. The van der Waals surface area contributed by atoms with Crippen LogP contribution in [0.1, 0.15) is 18.2 Å². The molecular formula is C13H16FN3O5S2. The van der Waals surface area contributed by atoms with Crippen LogP contribution >= 0.6 is 0 Å². The van der Waals surface area contributed by atoms with Gasteiger partial charge in [-0.15, -0.1) is 0 Å². The first-order valence-electron chi connectivity index (χ1n) is 6.84. The Morgan fingerprint density at radius 3 is 2.50 bits per heavy atom. The van der Waals surface area contributed by atoms with Crippen molar-refractivity contribution >= 4 is 25.7 Å². The number of halogens is 1. The number of nitrogens with zero attached hydrogens (tertiary/aromatic N) is 1. The second kappa shape index (κ2) is 6.87. The third-order valence-corrected chi connectivity index (χ3v) is 5.86. The predicted octanol–water partition coefficient (Wildman–Crippen LogP) is 1.36. The van der Waals surface area contributed by atoms with Gasteiger partial charge < -0.3 is 4.52 Å². The summed E-state index contributed by atoms with van der Waals surface area (Å²) in [6.45, 7) is 2.99. The Hall–Kier alpha value is -1.98. The Labute approximate surface area is 139 Å². The summed E-state index contributed by atoms with van der Waals surface area (Å²) in [6, 6.07) is 2.90. The van der Waals surface area contributed by atoms with Gasteiger partial charge in [-0.05, 0) is 32.0 Å². The van der Waals surface area contributed by atoms with Crippen molar-refractivity contribution in [1.82, 2.24) is 9.88 Å². The first-order chi connectivity index (χ1) is 11.1. The van der Waals surface area contributed by atoms with Crippen molar-refractivity contribution in [2.24, 2.45) is 0 Å². The summed E-state index contributed by atoms with van der Waals surface area (Å²) >= 11 is 0. The van der Waals surface area contributed by atoms with Crippen molar-refractivity contribution in [1.29, 1.82) is 0 Å². The highest BCUT2D eigenvalue weighted by Gasteiger charge is 2.19. The summed E-state index contributed by atoms with van der Waals surface area (Å²) in [5.41, 5.74) is 0.766. The van der Waals surface area contributed by atoms with Crippen LogP contribution in [0.25, 0.3) is 0 Å². The number of hydrogen-bond acceptors (Lipinski definition) is 6. The summed E-state index contributed by atoms with van der Waals surface area (Å²) < 4.78 is 70.2. The van der Waals surface area contributed by atoms with Crippen LogP contribution in [-0.4, -0.2) is 27.7 Å². The van der Waals surface area contributed by atoms with Gasteiger partial charge in [-0.1, -0.05) is 5.16 Å². The van der Waals surface area contributed by atoms with Gasteiger partial charge in [-0.3, -0.25) is 4.72 Å². The van der Waals surface area contributed by atoms with Gasteiger partial charge in [0.1, 0.15) is 17.8 Å². The van der Waals surface area contributed by atoms with Crippen molar-refractivity contribution < 1.29 is 25.7 Å². The van der Waals surface area contributed by atoms with Crippen LogP contribution < -0.4 is 9.44 Å². The molecule has 0 bridgehead atoms. The lowest BCUT2D eigenvalue weighted by atomic mass is 10.3. The molecule has 0 aliphatic heterocycles. The summed E-state index contributed by atoms with van der Waals surface area (Å²) in [5, 5.41) is 3.64. The minimum Gasteiger partial charge on any atom is -0.364 e. The molecule has 0 amide bonds. The zero-order valence-corrected chi connectivity index (χ0v) is 14.5. The van der Waals surface area contributed by atoms with E-state index in [2.05, 4.69) is 9.88 Å². The maximum atomic E-state index is 14.0. The molecule has 2 N–H and O–H groups in total. The van der Waals surface area contributed by atoms with Crippen LogP contribution in [0.5, 0.6) is 0 Å². The zero-order valence-electron chi connectivity index (χ0n) is 12.9. The molecule has 0 saturated heterocycles. The summed E-state index contributed by atoms with van der Waals surface area (Å²) in [7, 11) is -7.65. The Morgan fingerprint density at radius 1 is 1.25 bits per heavy atom. The number of aromatic nitrogens is 1. The number of rotatable bonds is 7. The number of sulfonamides is 2. The van der Waals surface area contributed by atoms with E-state index in [1.54, 1.807) is 6.92 Å². The first kappa shape index (κ1) is 18.4. The maximum absolute atomic E-state index is 14.0. The van der Waals surface area contributed by atoms with E-state index in [0.29, 0.717) is 11.3 Å². The number of benzene rings is 1. The lowest BCUT2D eigenvalue weighted by Gasteiger charge is -2.10. The topological polar surface area (TPSA) is 118 Å². The van der Waals surface area contributed by atoms with Crippen LogP contribution in [0.4, 0.5) is 10.1 Å². The molecule has 0 radical (unpaired) electrons. The molecule has 0 spiro atoms. The van der Waals surface area contributed by atoms with E-state index in [1.165, 1.54) is 13.2 Å². The van der Waals surface area contributed by atoms with Gasteiger partial charge >= 0.3 is 0 Å². The van der Waals surface area contributed by atoms with Crippen LogP contribution in [-0.2, 0) is 26.6 Å². The molecule has 0 fully saturated rings. The smallest absolute Gasteiger partial charge is 0.241 e. The lowest BCUT2D eigenvalue weighted by Crippen LogP contribution is -2.24. The molecule has 0 atom stereocenters. The Bertz CT molecular complexity index is 938. The first-order valence-corrected chi connectivity index (χ1v) is 9.97. The Morgan fingerprint density at radius 2 is 1.96 bits per heavy atom. The van der Waals surface area contributed by atoms with Crippen LogP contribution in [0.15, 0.2) is 33.9 Å². The largest absolute Gasteiger partial charge is 0.364 e. The molecule has 1 aromatic heterocycles. The van der Waals surface area contributed by atoms with Gasteiger partial charge in [-0.2, -0.15) is 0 Å². The fourth-order valence-electron chi connectivity index (χ4n) is 1.71. The SMILES string of the molecule is CCS(=O)(=O)Nc1ccc(S(=O)(=O)NCc2nocc2C)cc1F. The molecule has 2 aromatic rings.